The number of aromatic nitrogens is 6. The number of methoxy groups -OCH3 is 1. The van der Waals surface area contributed by atoms with E-state index in [0.717, 1.165) is 49.9 Å². The number of aryl methyl sites for hydroxylation is 1. The first-order valence-corrected chi connectivity index (χ1v) is 8.76. The van der Waals surface area contributed by atoms with E-state index in [0.29, 0.717) is 24.9 Å². The minimum absolute atomic E-state index is 0.369. The van der Waals surface area contributed by atoms with Crippen molar-refractivity contribution in [3.8, 4) is 0 Å². The van der Waals surface area contributed by atoms with E-state index in [9.17, 15) is 0 Å². The van der Waals surface area contributed by atoms with E-state index < -0.39 is 0 Å². The maximum atomic E-state index is 5.27. The maximum Gasteiger partial charge on any atom is 0.240 e. The first kappa shape index (κ1) is 16.9. The first-order valence-electron chi connectivity index (χ1n) is 8.76. The summed E-state index contributed by atoms with van der Waals surface area (Å²) < 4.78 is 12.1. The third-order valence-electron chi connectivity index (χ3n) is 4.47. The van der Waals surface area contributed by atoms with Gasteiger partial charge in [0.25, 0.3) is 0 Å². The Labute approximate surface area is 150 Å². The summed E-state index contributed by atoms with van der Waals surface area (Å²) in [5.74, 6) is 3.04. The molecule has 10 heteroatoms. The summed E-state index contributed by atoms with van der Waals surface area (Å²) in [4.78, 5) is 8.91. The second kappa shape index (κ2) is 7.34. The van der Waals surface area contributed by atoms with Gasteiger partial charge in [-0.1, -0.05) is 12.1 Å². The molecule has 4 rings (SSSR count). The number of piperazine rings is 1. The molecule has 1 aliphatic heterocycles. The Hall–Kier alpha value is -2.59. The summed E-state index contributed by atoms with van der Waals surface area (Å²) >= 11 is 0. The molecule has 3 aromatic heterocycles. The molecular weight excluding hydrogens is 336 g/mol. The molecule has 0 saturated carbocycles. The minimum Gasteiger partial charge on any atom is -0.377 e. The maximum absolute atomic E-state index is 5.27. The Morgan fingerprint density at radius 1 is 1.15 bits per heavy atom. The van der Waals surface area contributed by atoms with Gasteiger partial charge in [-0.25, -0.2) is 0 Å². The largest absolute Gasteiger partial charge is 0.377 e. The lowest BCUT2D eigenvalue weighted by atomic mass is 10.3. The average molecular weight is 358 g/mol. The number of hydrogen-bond donors (Lipinski definition) is 0. The van der Waals surface area contributed by atoms with Crippen molar-refractivity contribution in [3.05, 3.63) is 29.7 Å². The van der Waals surface area contributed by atoms with E-state index in [1.807, 2.05) is 16.6 Å². The van der Waals surface area contributed by atoms with Crippen molar-refractivity contribution in [2.24, 2.45) is 0 Å². The van der Waals surface area contributed by atoms with Crippen molar-refractivity contribution >= 4 is 11.5 Å². The zero-order valence-corrected chi connectivity index (χ0v) is 15.0. The lowest BCUT2D eigenvalue weighted by Crippen LogP contribution is -2.46. The van der Waals surface area contributed by atoms with Gasteiger partial charge in [0.05, 0.1) is 6.54 Å². The summed E-state index contributed by atoms with van der Waals surface area (Å²) in [6.45, 7) is 6.67. The number of fused-ring (bicyclic) bond motifs is 1. The van der Waals surface area contributed by atoms with Crippen LogP contribution >= 0.6 is 0 Å². The van der Waals surface area contributed by atoms with Gasteiger partial charge < -0.3 is 14.2 Å². The highest BCUT2D eigenvalue weighted by atomic mass is 16.5. The highest BCUT2D eigenvalue weighted by Gasteiger charge is 2.21. The van der Waals surface area contributed by atoms with Gasteiger partial charge in [-0.3, -0.25) is 4.90 Å². The van der Waals surface area contributed by atoms with Crippen molar-refractivity contribution in [3.63, 3.8) is 0 Å². The number of hydrogen-bond acceptors (Lipinski definition) is 9. The lowest BCUT2D eigenvalue weighted by Gasteiger charge is -2.34. The monoisotopic (exact) mass is 358 g/mol. The van der Waals surface area contributed by atoms with Crippen LogP contribution < -0.4 is 4.90 Å². The van der Waals surface area contributed by atoms with E-state index in [1.54, 1.807) is 7.11 Å². The van der Waals surface area contributed by atoms with Crippen LogP contribution in [0.25, 0.3) is 5.65 Å². The van der Waals surface area contributed by atoms with E-state index >= 15 is 0 Å². The molecule has 0 spiro atoms. The van der Waals surface area contributed by atoms with E-state index in [1.165, 1.54) is 0 Å². The molecule has 4 heterocycles. The molecule has 0 amide bonds. The van der Waals surface area contributed by atoms with Gasteiger partial charge in [-0.15, -0.1) is 15.3 Å². The number of nitrogens with zero attached hydrogens (tertiary/aromatic N) is 8. The number of ether oxygens (including phenoxy) is 1. The molecule has 1 fully saturated rings. The molecule has 0 atom stereocenters. The molecular formula is C16H22N8O2. The summed E-state index contributed by atoms with van der Waals surface area (Å²) in [5.41, 5.74) is 0.785. The quantitative estimate of drug-likeness (QED) is 0.625. The molecule has 1 saturated heterocycles. The first-order chi connectivity index (χ1) is 12.8. The Kier molecular flexibility index (Phi) is 4.76. The van der Waals surface area contributed by atoms with Gasteiger partial charge in [0, 0.05) is 39.7 Å². The molecule has 3 aromatic rings. The SMILES string of the molecule is CCc1nnc2ccc(N3CCN(Cc4nc(COC)no4)CC3)nn12. The Bertz CT molecular complexity index is 868. The predicted molar refractivity (Wildman–Crippen MR) is 92.7 cm³/mol. The molecule has 0 unspecified atom stereocenters. The predicted octanol–water partition coefficient (Wildman–Crippen LogP) is 0.538. The fraction of sp³-hybridized carbons (Fsp3) is 0.562. The Morgan fingerprint density at radius 3 is 2.77 bits per heavy atom. The number of anilines is 1. The standard InChI is InChI=1S/C16H22N8O2/c1-3-13-18-19-14-4-5-15(20-24(13)14)23-8-6-22(7-9-23)10-16-17-12(11-25-2)21-26-16/h4-5H,3,6-11H2,1-2H3. The molecule has 0 bridgehead atoms. The summed E-state index contributed by atoms with van der Waals surface area (Å²) in [6.07, 6.45) is 0.806. The molecule has 0 N–H and O–H groups in total. The van der Waals surface area contributed by atoms with Crippen LogP contribution in [0.15, 0.2) is 16.7 Å². The van der Waals surface area contributed by atoms with E-state index in [-0.39, 0.29) is 0 Å². The van der Waals surface area contributed by atoms with Crippen LogP contribution in [0.1, 0.15) is 24.5 Å². The van der Waals surface area contributed by atoms with Crippen molar-refractivity contribution in [1.29, 1.82) is 0 Å². The van der Waals surface area contributed by atoms with Crippen molar-refractivity contribution in [2.45, 2.75) is 26.5 Å². The molecule has 26 heavy (non-hydrogen) atoms. The molecule has 10 nitrogen and oxygen atoms in total. The second-order valence-electron chi connectivity index (χ2n) is 6.23. The van der Waals surface area contributed by atoms with Crippen LogP contribution in [0.2, 0.25) is 0 Å². The third kappa shape index (κ3) is 3.37. The van der Waals surface area contributed by atoms with Crippen LogP contribution in [0.3, 0.4) is 0 Å². The molecule has 0 aromatic carbocycles. The smallest absolute Gasteiger partial charge is 0.240 e. The van der Waals surface area contributed by atoms with Crippen molar-refractivity contribution < 1.29 is 9.26 Å². The van der Waals surface area contributed by atoms with Crippen LogP contribution in [-0.4, -0.2) is 68.1 Å². The Balaban J connectivity index is 1.38. The van der Waals surface area contributed by atoms with E-state index in [2.05, 4.69) is 37.1 Å². The topological polar surface area (TPSA) is 97.7 Å². The van der Waals surface area contributed by atoms with Crippen LogP contribution in [0.5, 0.6) is 0 Å². The van der Waals surface area contributed by atoms with E-state index in [4.69, 9.17) is 14.4 Å². The molecule has 0 radical (unpaired) electrons. The number of rotatable bonds is 6. The summed E-state index contributed by atoms with van der Waals surface area (Å²) in [5, 5.41) is 16.9. The van der Waals surface area contributed by atoms with Gasteiger partial charge in [0.15, 0.2) is 17.3 Å². The average Bonchev–Trinajstić information content (AvgIpc) is 3.28. The summed E-state index contributed by atoms with van der Waals surface area (Å²) in [6, 6.07) is 3.98. The minimum atomic E-state index is 0.369. The highest BCUT2D eigenvalue weighted by Crippen LogP contribution is 2.16. The molecule has 138 valence electrons. The fourth-order valence-electron chi connectivity index (χ4n) is 3.08. The third-order valence-corrected chi connectivity index (χ3v) is 4.47. The van der Waals surface area contributed by atoms with Crippen LogP contribution in [0, 0.1) is 0 Å². The van der Waals surface area contributed by atoms with Crippen molar-refractivity contribution in [1.82, 2.24) is 34.9 Å². The van der Waals surface area contributed by atoms with Gasteiger partial charge in [0.1, 0.15) is 12.4 Å². The summed E-state index contributed by atoms with van der Waals surface area (Å²) in [7, 11) is 1.62. The van der Waals surface area contributed by atoms with Gasteiger partial charge in [-0.2, -0.15) is 9.50 Å². The second-order valence-corrected chi connectivity index (χ2v) is 6.23. The van der Waals surface area contributed by atoms with Crippen molar-refractivity contribution in [2.75, 3.05) is 38.2 Å². The zero-order chi connectivity index (χ0) is 17.9. The highest BCUT2D eigenvalue weighted by molar-refractivity contribution is 5.46. The Morgan fingerprint density at radius 2 is 2.00 bits per heavy atom. The fourth-order valence-corrected chi connectivity index (χ4v) is 3.08. The van der Waals surface area contributed by atoms with Crippen LogP contribution in [0.4, 0.5) is 5.82 Å². The van der Waals surface area contributed by atoms with Gasteiger partial charge in [-0.05, 0) is 12.1 Å². The normalized spacial score (nSPS) is 15.8. The zero-order valence-electron chi connectivity index (χ0n) is 15.0. The molecule has 1 aliphatic rings. The molecule has 0 aliphatic carbocycles. The van der Waals surface area contributed by atoms with Gasteiger partial charge in [0.2, 0.25) is 5.89 Å². The van der Waals surface area contributed by atoms with Gasteiger partial charge >= 0.3 is 0 Å². The lowest BCUT2D eigenvalue weighted by molar-refractivity contribution is 0.174. The van der Waals surface area contributed by atoms with Crippen LogP contribution in [-0.2, 0) is 24.3 Å².